The first-order valence-corrected chi connectivity index (χ1v) is 10.8. The molecule has 0 radical (unpaired) electrons. The van der Waals surface area contributed by atoms with Crippen molar-refractivity contribution < 1.29 is 27.2 Å². The van der Waals surface area contributed by atoms with Crippen molar-refractivity contribution in [2.75, 3.05) is 23.0 Å². The molecule has 1 fully saturated rings. The van der Waals surface area contributed by atoms with E-state index in [1.165, 1.54) is 29.4 Å². The first kappa shape index (κ1) is 20.8. The van der Waals surface area contributed by atoms with E-state index < -0.39 is 29.5 Å². The lowest BCUT2D eigenvalue weighted by Crippen LogP contribution is -2.54. The molecule has 0 N–H and O–H groups in total. The van der Waals surface area contributed by atoms with E-state index in [9.17, 15) is 18.0 Å². The Bertz CT molecular complexity index is 1310. The summed E-state index contributed by atoms with van der Waals surface area (Å²) in [5.74, 6) is -2.41. The second kappa shape index (κ2) is 7.94. The number of ether oxygens (including phenoxy) is 1. The van der Waals surface area contributed by atoms with Gasteiger partial charge in [-0.15, -0.1) is 0 Å². The molecule has 6 rings (SSSR count). The Morgan fingerprint density at radius 1 is 1.06 bits per heavy atom. The van der Waals surface area contributed by atoms with Gasteiger partial charge in [0.15, 0.2) is 6.04 Å². The molecule has 1 saturated heterocycles. The molecule has 0 bridgehead atoms. The van der Waals surface area contributed by atoms with Crippen LogP contribution in [0.15, 0.2) is 45.9 Å². The van der Waals surface area contributed by atoms with Gasteiger partial charge in [0.1, 0.15) is 23.5 Å². The predicted molar refractivity (Wildman–Crippen MR) is 115 cm³/mol. The van der Waals surface area contributed by atoms with E-state index in [0.29, 0.717) is 18.0 Å². The molecule has 0 saturated carbocycles. The van der Waals surface area contributed by atoms with Gasteiger partial charge in [-0.1, -0.05) is 5.16 Å². The van der Waals surface area contributed by atoms with Crippen LogP contribution >= 0.6 is 0 Å². The number of benzene rings is 2. The van der Waals surface area contributed by atoms with Gasteiger partial charge in [-0.05, 0) is 43.2 Å². The van der Waals surface area contributed by atoms with E-state index in [0.717, 1.165) is 25.0 Å². The highest BCUT2D eigenvalue weighted by Crippen LogP contribution is 2.43. The zero-order valence-electron chi connectivity index (χ0n) is 17.7. The van der Waals surface area contributed by atoms with Crippen LogP contribution in [-0.4, -0.2) is 47.7 Å². The van der Waals surface area contributed by atoms with E-state index in [1.807, 2.05) is 0 Å². The summed E-state index contributed by atoms with van der Waals surface area (Å²) in [6.07, 6.45) is 3.03. The number of hydrogen-bond donors (Lipinski definition) is 0. The van der Waals surface area contributed by atoms with Crippen LogP contribution < -0.4 is 9.80 Å². The molecule has 3 aliphatic rings. The minimum atomic E-state index is -0.859. The number of carbonyl (C=O) groups excluding carboxylic acids is 1. The van der Waals surface area contributed by atoms with Crippen LogP contribution in [0.2, 0.25) is 0 Å². The number of halogens is 3. The van der Waals surface area contributed by atoms with Crippen LogP contribution in [0.4, 0.5) is 24.5 Å². The van der Waals surface area contributed by atoms with E-state index in [4.69, 9.17) is 9.26 Å². The highest BCUT2D eigenvalue weighted by atomic mass is 19.1. The molecule has 1 aromatic heterocycles. The average Bonchev–Trinajstić information content (AvgIpc) is 3.57. The summed E-state index contributed by atoms with van der Waals surface area (Å²) in [6.45, 7) is 0.900. The third-order valence-corrected chi connectivity index (χ3v) is 6.25. The van der Waals surface area contributed by atoms with Crippen LogP contribution in [0.3, 0.4) is 0 Å². The molecule has 2 aromatic carbocycles. The number of aliphatic imine (C=N–C) groups is 1. The molecule has 1 amide bonds. The van der Waals surface area contributed by atoms with Crippen molar-refractivity contribution in [2.45, 2.75) is 31.0 Å². The highest BCUT2D eigenvalue weighted by Gasteiger charge is 2.48. The van der Waals surface area contributed by atoms with Crippen molar-refractivity contribution in [3.05, 3.63) is 59.7 Å². The van der Waals surface area contributed by atoms with E-state index in [2.05, 4.69) is 15.1 Å². The molecule has 4 heterocycles. The van der Waals surface area contributed by atoms with Gasteiger partial charge in [-0.25, -0.2) is 13.2 Å². The minimum Gasteiger partial charge on any atom is -0.376 e. The molecular formula is C23H18F3N5O3. The van der Waals surface area contributed by atoms with Crippen LogP contribution in [-0.2, 0) is 9.53 Å². The number of nitrogens with zero attached hydrogens (tertiary/aromatic N) is 5. The van der Waals surface area contributed by atoms with Gasteiger partial charge in [-0.3, -0.25) is 9.79 Å². The number of carbonyl (C=O) groups is 1. The van der Waals surface area contributed by atoms with E-state index >= 15 is 0 Å². The summed E-state index contributed by atoms with van der Waals surface area (Å²) in [5, 5.41) is 3.81. The number of rotatable bonds is 4. The summed E-state index contributed by atoms with van der Waals surface area (Å²) in [4.78, 5) is 25.5. The maximum Gasteiger partial charge on any atom is 0.254 e. The molecular weight excluding hydrogens is 451 g/mol. The first-order valence-electron chi connectivity index (χ1n) is 10.8. The summed E-state index contributed by atoms with van der Waals surface area (Å²) in [6, 6.07) is 5.56. The number of anilines is 2. The van der Waals surface area contributed by atoms with Gasteiger partial charge in [0.25, 0.3) is 11.8 Å². The molecule has 3 unspecified atom stereocenters. The van der Waals surface area contributed by atoms with Gasteiger partial charge in [0.05, 0.1) is 35.9 Å². The zero-order chi connectivity index (χ0) is 23.4. The lowest BCUT2D eigenvalue weighted by atomic mass is 10.0. The third kappa shape index (κ3) is 3.35. The molecule has 3 aliphatic heterocycles. The Morgan fingerprint density at radius 2 is 1.88 bits per heavy atom. The van der Waals surface area contributed by atoms with Crippen LogP contribution in [0.25, 0.3) is 11.4 Å². The molecule has 11 heteroatoms. The van der Waals surface area contributed by atoms with Crippen LogP contribution in [0, 0.1) is 17.5 Å². The fourth-order valence-corrected chi connectivity index (χ4v) is 4.64. The quantitative estimate of drug-likeness (QED) is 0.580. The van der Waals surface area contributed by atoms with Crippen LogP contribution in [0.1, 0.15) is 24.8 Å². The fourth-order valence-electron chi connectivity index (χ4n) is 4.64. The number of aromatic nitrogens is 2. The average molecular weight is 469 g/mol. The molecule has 34 heavy (non-hydrogen) atoms. The molecule has 3 aromatic rings. The Hall–Kier alpha value is -3.73. The molecule has 0 aliphatic carbocycles. The normalized spacial score (nSPS) is 23.5. The van der Waals surface area contributed by atoms with E-state index in [1.54, 1.807) is 11.0 Å². The second-order valence-corrected chi connectivity index (χ2v) is 8.36. The maximum atomic E-state index is 14.2. The summed E-state index contributed by atoms with van der Waals surface area (Å²) in [7, 11) is 0. The predicted octanol–water partition coefficient (Wildman–Crippen LogP) is 3.64. The molecule has 174 valence electrons. The van der Waals surface area contributed by atoms with Gasteiger partial charge in [-0.2, -0.15) is 4.98 Å². The van der Waals surface area contributed by atoms with Gasteiger partial charge >= 0.3 is 0 Å². The zero-order valence-corrected chi connectivity index (χ0v) is 17.7. The molecule has 3 atom stereocenters. The lowest BCUT2D eigenvalue weighted by Gasteiger charge is -2.39. The van der Waals surface area contributed by atoms with Crippen molar-refractivity contribution in [1.29, 1.82) is 0 Å². The lowest BCUT2D eigenvalue weighted by molar-refractivity contribution is -0.120. The van der Waals surface area contributed by atoms with Gasteiger partial charge in [0.2, 0.25) is 5.82 Å². The summed E-state index contributed by atoms with van der Waals surface area (Å²) in [5.41, 5.74) is 1.01. The topological polar surface area (TPSA) is 84.1 Å². The largest absolute Gasteiger partial charge is 0.376 e. The summed E-state index contributed by atoms with van der Waals surface area (Å²) < 4.78 is 52.6. The van der Waals surface area contributed by atoms with Crippen molar-refractivity contribution in [3.8, 4) is 11.4 Å². The Morgan fingerprint density at radius 3 is 2.68 bits per heavy atom. The highest BCUT2D eigenvalue weighted by molar-refractivity contribution is 6.11. The second-order valence-electron chi connectivity index (χ2n) is 8.36. The number of fused-ring (bicyclic) bond motifs is 3. The van der Waals surface area contributed by atoms with E-state index in [-0.39, 0.29) is 35.8 Å². The summed E-state index contributed by atoms with van der Waals surface area (Å²) >= 11 is 0. The molecule has 8 nitrogen and oxygen atoms in total. The number of amides is 1. The Labute approximate surface area is 191 Å². The maximum absolute atomic E-state index is 14.2. The third-order valence-electron chi connectivity index (χ3n) is 6.25. The van der Waals surface area contributed by atoms with Crippen molar-refractivity contribution in [3.63, 3.8) is 0 Å². The first-order chi connectivity index (χ1) is 16.5. The minimum absolute atomic E-state index is 0.0125. The molecule has 0 spiro atoms. The fraction of sp³-hybridized carbons (Fsp3) is 0.304. The Balaban J connectivity index is 1.36. The standard InChI is InChI=1S/C23H18F3N5O3/c24-12-3-5-15(16(26)8-12)21-28-22(34-29-21)19-20-23(32)30(10-14-2-1-7-33-14)18-9-13(25)4-6-17(18)31(20)11-27-19/h3-6,8-9,11,14,19-20H,1-2,7,10H2. The number of hydrogen-bond acceptors (Lipinski definition) is 7. The Kier molecular flexibility index (Phi) is 4.87. The van der Waals surface area contributed by atoms with Gasteiger partial charge in [0, 0.05) is 12.7 Å². The monoisotopic (exact) mass is 469 g/mol. The smallest absolute Gasteiger partial charge is 0.254 e. The van der Waals surface area contributed by atoms with Gasteiger partial charge < -0.3 is 19.1 Å². The van der Waals surface area contributed by atoms with Crippen LogP contribution in [0.5, 0.6) is 0 Å². The van der Waals surface area contributed by atoms with Crippen molar-refractivity contribution in [1.82, 2.24) is 10.1 Å². The SMILES string of the molecule is O=C1C2C(c3nc(-c4ccc(F)cc4F)no3)N=CN2c2ccc(F)cc2N1CC1CCCO1. The van der Waals surface area contributed by atoms with Crippen molar-refractivity contribution in [2.24, 2.45) is 4.99 Å². The van der Waals surface area contributed by atoms with Crippen molar-refractivity contribution >= 4 is 23.6 Å².